The third-order valence-electron chi connectivity index (χ3n) is 4.64. The smallest absolute Gasteiger partial charge is 0.319 e. The maximum absolute atomic E-state index is 12.4. The minimum atomic E-state index is -0.261. The zero-order chi connectivity index (χ0) is 20.1. The van der Waals surface area contributed by atoms with Gasteiger partial charge in [0.05, 0.1) is 5.69 Å². The Balaban J connectivity index is 1.63. The van der Waals surface area contributed by atoms with Crippen LogP contribution in [0.25, 0.3) is 11.4 Å². The number of anilines is 1. The van der Waals surface area contributed by atoms with E-state index in [1.807, 2.05) is 49.7 Å². The molecule has 0 saturated carbocycles. The molecule has 0 radical (unpaired) electrons. The van der Waals surface area contributed by atoms with Crippen molar-refractivity contribution in [2.45, 2.75) is 53.6 Å². The second-order valence-corrected chi connectivity index (χ2v) is 6.72. The van der Waals surface area contributed by atoms with Crippen molar-refractivity contribution in [2.24, 2.45) is 0 Å². The van der Waals surface area contributed by atoms with E-state index in [0.29, 0.717) is 18.1 Å². The van der Waals surface area contributed by atoms with Crippen LogP contribution in [-0.4, -0.2) is 31.0 Å². The molecule has 2 heterocycles. The quantitative estimate of drug-likeness (QED) is 0.582. The number of aryl methyl sites for hydroxylation is 3. The summed E-state index contributed by atoms with van der Waals surface area (Å²) in [4.78, 5) is 16.8. The number of hydrogen-bond donors (Lipinski definition) is 3. The fraction of sp³-hybridized carbons (Fsp3) is 0.400. The molecule has 3 rings (SSSR count). The van der Waals surface area contributed by atoms with Crippen molar-refractivity contribution < 1.29 is 4.79 Å². The predicted octanol–water partition coefficient (Wildman–Crippen LogP) is 3.58. The highest BCUT2D eigenvalue weighted by atomic mass is 16.2. The number of nitrogens with zero attached hydrogens (tertiary/aromatic N) is 4. The van der Waals surface area contributed by atoms with Gasteiger partial charge in [-0.25, -0.2) is 9.78 Å². The van der Waals surface area contributed by atoms with Crippen molar-refractivity contribution in [3.05, 3.63) is 47.0 Å². The Kier molecular flexibility index (Phi) is 6.08. The fourth-order valence-electron chi connectivity index (χ4n) is 3.08. The van der Waals surface area contributed by atoms with Crippen LogP contribution >= 0.6 is 0 Å². The standard InChI is InChI=1S/C20H27N7O/c1-5-10-27-14(4)17(13(3)26-27)12-21-20(28)22-16-9-7-8-15(11-16)19-23-18(6-2)24-25-19/h7-9,11H,5-6,10,12H2,1-4H3,(H2,21,22,28)(H,23,24,25). The summed E-state index contributed by atoms with van der Waals surface area (Å²) in [6, 6.07) is 7.23. The van der Waals surface area contributed by atoms with E-state index in [-0.39, 0.29) is 6.03 Å². The van der Waals surface area contributed by atoms with E-state index in [1.165, 1.54) is 0 Å². The minimum absolute atomic E-state index is 0.261. The molecule has 0 aliphatic rings. The molecule has 0 bridgehead atoms. The first-order chi connectivity index (χ1) is 13.5. The number of rotatable bonds is 7. The van der Waals surface area contributed by atoms with Gasteiger partial charge in [-0.3, -0.25) is 9.78 Å². The third-order valence-corrected chi connectivity index (χ3v) is 4.64. The molecule has 0 unspecified atom stereocenters. The van der Waals surface area contributed by atoms with Crippen molar-refractivity contribution in [2.75, 3.05) is 5.32 Å². The number of aromatic amines is 1. The normalized spacial score (nSPS) is 10.9. The molecule has 2 amide bonds. The number of carbonyl (C=O) groups is 1. The molecule has 3 aromatic rings. The summed E-state index contributed by atoms with van der Waals surface area (Å²) in [6.45, 7) is 9.47. The molecule has 0 spiro atoms. The lowest BCUT2D eigenvalue weighted by molar-refractivity contribution is 0.251. The van der Waals surface area contributed by atoms with Gasteiger partial charge in [0, 0.05) is 42.0 Å². The Hall–Kier alpha value is -3.16. The van der Waals surface area contributed by atoms with Crippen molar-refractivity contribution in [3.63, 3.8) is 0 Å². The predicted molar refractivity (Wildman–Crippen MR) is 109 cm³/mol. The van der Waals surface area contributed by atoms with Crippen LogP contribution in [0.3, 0.4) is 0 Å². The van der Waals surface area contributed by atoms with Gasteiger partial charge in [0.2, 0.25) is 0 Å². The Labute approximate surface area is 164 Å². The second-order valence-electron chi connectivity index (χ2n) is 6.72. The number of aromatic nitrogens is 5. The summed E-state index contributed by atoms with van der Waals surface area (Å²) in [7, 11) is 0. The molecule has 0 fully saturated rings. The molecule has 148 valence electrons. The molecule has 1 aromatic carbocycles. The van der Waals surface area contributed by atoms with Gasteiger partial charge >= 0.3 is 6.03 Å². The number of urea groups is 1. The van der Waals surface area contributed by atoms with Gasteiger partial charge in [0.15, 0.2) is 5.82 Å². The van der Waals surface area contributed by atoms with Gasteiger partial charge in [-0.05, 0) is 32.4 Å². The first-order valence-corrected chi connectivity index (χ1v) is 9.61. The van der Waals surface area contributed by atoms with Crippen LogP contribution in [0.15, 0.2) is 24.3 Å². The molecule has 0 saturated heterocycles. The molecule has 0 aliphatic carbocycles. The third kappa shape index (κ3) is 4.39. The number of nitrogens with one attached hydrogen (secondary N) is 3. The highest BCUT2D eigenvalue weighted by Crippen LogP contribution is 2.19. The van der Waals surface area contributed by atoms with Gasteiger partial charge in [-0.1, -0.05) is 26.0 Å². The summed E-state index contributed by atoms with van der Waals surface area (Å²) < 4.78 is 2.00. The second kappa shape index (κ2) is 8.69. The van der Waals surface area contributed by atoms with Gasteiger partial charge in [-0.15, -0.1) is 0 Å². The average Bonchev–Trinajstić information content (AvgIpc) is 3.26. The fourth-order valence-corrected chi connectivity index (χ4v) is 3.08. The van der Waals surface area contributed by atoms with Crippen molar-refractivity contribution >= 4 is 11.7 Å². The number of benzene rings is 1. The van der Waals surface area contributed by atoms with Crippen molar-refractivity contribution in [1.29, 1.82) is 0 Å². The number of carbonyl (C=O) groups excluding carboxylic acids is 1. The molecule has 28 heavy (non-hydrogen) atoms. The van der Waals surface area contributed by atoms with Crippen LogP contribution in [0.1, 0.15) is 43.0 Å². The summed E-state index contributed by atoms with van der Waals surface area (Å²) >= 11 is 0. The zero-order valence-corrected chi connectivity index (χ0v) is 16.8. The first kappa shape index (κ1) is 19.6. The van der Waals surface area contributed by atoms with Gasteiger partial charge in [0.1, 0.15) is 5.82 Å². The lowest BCUT2D eigenvalue weighted by atomic mass is 10.2. The van der Waals surface area contributed by atoms with E-state index in [9.17, 15) is 4.79 Å². The summed E-state index contributed by atoms with van der Waals surface area (Å²) in [5, 5.41) is 17.5. The van der Waals surface area contributed by atoms with E-state index < -0.39 is 0 Å². The van der Waals surface area contributed by atoms with Crippen LogP contribution in [0.4, 0.5) is 10.5 Å². The van der Waals surface area contributed by atoms with E-state index >= 15 is 0 Å². The largest absolute Gasteiger partial charge is 0.334 e. The summed E-state index contributed by atoms with van der Waals surface area (Å²) in [5.74, 6) is 1.45. The van der Waals surface area contributed by atoms with Gasteiger partial charge < -0.3 is 10.6 Å². The number of amides is 2. The Morgan fingerprint density at radius 2 is 2.07 bits per heavy atom. The Morgan fingerprint density at radius 1 is 1.25 bits per heavy atom. The maximum atomic E-state index is 12.4. The number of hydrogen-bond acceptors (Lipinski definition) is 4. The molecule has 2 aromatic heterocycles. The zero-order valence-electron chi connectivity index (χ0n) is 16.8. The average molecular weight is 381 g/mol. The topological polar surface area (TPSA) is 101 Å². The molecular formula is C20H27N7O. The number of H-pyrrole nitrogens is 1. The summed E-state index contributed by atoms with van der Waals surface area (Å²) in [6.07, 6.45) is 1.82. The van der Waals surface area contributed by atoms with E-state index in [0.717, 1.165) is 47.7 Å². The Morgan fingerprint density at radius 3 is 2.79 bits per heavy atom. The van der Waals surface area contributed by atoms with Gasteiger partial charge in [0.25, 0.3) is 0 Å². The highest BCUT2D eigenvalue weighted by Gasteiger charge is 2.12. The molecular weight excluding hydrogens is 354 g/mol. The molecule has 8 nitrogen and oxygen atoms in total. The van der Waals surface area contributed by atoms with Crippen LogP contribution in [-0.2, 0) is 19.5 Å². The van der Waals surface area contributed by atoms with Crippen molar-refractivity contribution in [3.8, 4) is 11.4 Å². The molecule has 0 aliphatic heterocycles. The van der Waals surface area contributed by atoms with E-state index in [1.54, 1.807) is 0 Å². The minimum Gasteiger partial charge on any atom is -0.334 e. The Bertz CT molecular complexity index is 957. The van der Waals surface area contributed by atoms with E-state index in [2.05, 4.69) is 37.8 Å². The van der Waals surface area contributed by atoms with E-state index in [4.69, 9.17) is 0 Å². The molecule has 3 N–H and O–H groups in total. The van der Waals surface area contributed by atoms with Gasteiger partial charge in [-0.2, -0.15) is 10.2 Å². The lowest BCUT2D eigenvalue weighted by Gasteiger charge is -2.09. The van der Waals surface area contributed by atoms with Crippen molar-refractivity contribution in [1.82, 2.24) is 30.3 Å². The monoisotopic (exact) mass is 381 g/mol. The molecule has 8 heteroatoms. The summed E-state index contributed by atoms with van der Waals surface area (Å²) in [5.41, 5.74) is 4.64. The highest BCUT2D eigenvalue weighted by molar-refractivity contribution is 5.89. The van der Waals surface area contributed by atoms with Crippen LogP contribution in [0, 0.1) is 13.8 Å². The lowest BCUT2D eigenvalue weighted by Crippen LogP contribution is -2.28. The SMILES string of the molecule is CCCn1nc(C)c(CNC(=O)Nc2cccc(-c3n[nH]c(CC)n3)c2)c1C. The van der Waals surface area contributed by atoms with Crippen LogP contribution in [0.5, 0.6) is 0 Å². The first-order valence-electron chi connectivity index (χ1n) is 9.61. The molecule has 0 atom stereocenters. The maximum Gasteiger partial charge on any atom is 0.319 e. The van der Waals surface area contributed by atoms with Crippen LogP contribution < -0.4 is 10.6 Å². The van der Waals surface area contributed by atoms with Crippen LogP contribution in [0.2, 0.25) is 0 Å².